The van der Waals surface area contributed by atoms with Crippen LogP contribution in [-0.2, 0) is 11.2 Å². The van der Waals surface area contributed by atoms with E-state index < -0.39 is 0 Å². The van der Waals surface area contributed by atoms with Gasteiger partial charge in [0.25, 0.3) is 0 Å². The van der Waals surface area contributed by atoms with Crippen LogP contribution in [0.3, 0.4) is 0 Å². The highest BCUT2D eigenvalue weighted by molar-refractivity contribution is 7.99. The zero-order valence-electron chi connectivity index (χ0n) is 20.8. The molecule has 9 heteroatoms. The molecule has 1 fully saturated rings. The van der Waals surface area contributed by atoms with Crippen molar-refractivity contribution in [3.63, 3.8) is 0 Å². The van der Waals surface area contributed by atoms with Crippen LogP contribution in [0, 0.1) is 0 Å². The van der Waals surface area contributed by atoms with Crippen LogP contribution in [0.1, 0.15) is 42.4 Å². The van der Waals surface area contributed by atoms with E-state index in [2.05, 4.69) is 22.5 Å². The second kappa shape index (κ2) is 12.0. The summed E-state index contributed by atoms with van der Waals surface area (Å²) in [6.45, 7) is 2.50. The maximum atomic E-state index is 12.9. The Balaban J connectivity index is 1.36. The van der Waals surface area contributed by atoms with Gasteiger partial charge in [-0.15, -0.1) is 0 Å². The molecule has 1 amide bonds. The average molecular weight is 563 g/mol. The number of aromatic nitrogens is 1. The number of pyridine rings is 1. The molecule has 0 radical (unpaired) electrons. The molecule has 0 unspecified atom stereocenters. The molecule has 38 heavy (non-hydrogen) atoms. The van der Waals surface area contributed by atoms with E-state index >= 15 is 0 Å². The van der Waals surface area contributed by atoms with E-state index in [1.54, 1.807) is 6.20 Å². The van der Waals surface area contributed by atoms with E-state index in [-0.39, 0.29) is 24.4 Å². The van der Waals surface area contributed by atoms with E-state index in [0.717, 1.165) is 39.1 Å². The topological polar surface area (TPSA) is 70.4 Å². The predicted octanol–water partition coefficient (Wildman–Crippen LogP) is 7.04. The zero-order chi connectivity index (χ0) is 26.5. The molecule has 6 nitrogen and oxygen atoms in total. The van der Waals surface area contributed by atoms with Crippen LogP contribution in [-0.4, -0.2) is 27.4 Å². The number of nitrogens with one attached hydrogen (secondary N) is 2. The summed E-state index contributed by atoms with van der Waals surface area (Å²) in [7, 11) is 0. The fourth-order valence-electron chi connectivity index (χ4n) is 4.51. The predicted molar refractivity (Wildman–Crippen MR) is 156 cm³/mol. The van der Waals surface area contributed by atoms with Crippen LogP contribution in [0.25, 0.3) is 0 Å². The third-order valence-electron chi connectivity index (χ3n) is 6.38. The molecule has 1 aliphatic rings. The second-order valence-corrected chi connectivity index (χ2v) is 10.7. The average Bonchev–Trinajstić information content (AvgIpc) is 3.53. The molecule has 2 aromatic carbocycles. The Hall–Kier alpha value is -3.33. The number of aryl methyl sites for hydroxylation is 1. The maximum absolute atomic E-state index is 12.9. The molecule has 2 aromatic heterocycles. The lowest BCUT2D eigenvalue weighted by Crippen LogP contribution is -2.32. The molecule has 0 saturated carbocycles. The Bertz CT molecular complexity index is 1410. The monoisotopic (exact) mass is 562 g/mol. The molecule has 0 aliphatic carbocycles. The Morgan fingerprint density at radius 2 is 1.89 bits per heavy atom. The van der Waals surface area contributed by atoms with Crippen molar-refractivity contribution in [2.75, 3.05) is 11.9 Å². The van der Waals surface area contributed by atoms with Gasteiger partial charge in [0.1, 0.15) is 11.8 Å². The first kappa shape index (κ1) is 26.3. The second-order valence-electron chi connectivity index (χ2n) is 8.84. The Labute approximate surface area is 236 Å². The number of amides is 1. The molecule has 2 atom stereocenters. The molecule has 3 heterocycles. The summed E-state index contributed by atoms with van der Waals surface area (Å²) >= 11 is 13.3. The minimum absolute atomic E-state index is 0.0628. The van der Waals surface area contributed by atoms with Crippen LogP contribution >= 0.6 is 35.6 Å². The number of carbonyl (C=O) groups is 1. The van der Waals surface area contributed by atoms with E-state index in [0.29, 0.717) is 16.7 Å². The maximum Gasteiger partial charge on any atom is 0.226 e. The first-order chi connectivity index (χ1) is 18.5. The van der Waals surface area contributed by atoms with Gasteiger partial charge in [-0.2, -0.15) is 0 Å². The first-order valence-corrected chi connectivity index (χ1v) is 14.0. The van der Waals surface area contributed by atoms with Gasteiger partial charge in [-0.25, -0.2) is 0 Å². The smallest absolute Gasteiger partial charge is 0.226 e. The number of anilines is 1. The SMILES string of the molecule is CCc1ccccc1NC(=O)CCN1C(=S)N[C@H](c2ccccn2)[C@@H]1c1ccc(Sc2ccc(Cl)cc2)o1. The van der Waals surface area contributed by atoms with Crippen molar-refractivity contribution < 1.29 is 9.21 Å². The Morgan fingerprint density at radius 3 is 2.66 bits per heavy atom. The third-order valence-corrected chi connectivity index (χ3v) is 7.91. The lowest BCUT2D eigenvalue weighted by molar-refractivity contribution is -0.116. The number of nitrogens with zero attached hydrogens (tertiary/aromatic N) is 2. The van der Waals surface area contributed by atoms with Crippen LogP contribution in [0.15, 0.2) is 99.5 Å². The van der Waals surface area contributed by atoms with Gasteiger partial charge in [0.2, 0.25) is 5.91 Å². The number of rotatable bonds is 9. The highest BCUT2D eigenvalue weighted by Crippen LogP contribution is 2.41. The summed E-state index contributed by atoms with van der Waals surface area (Å²) in [5, 5.41) is 8.48. The third kappa shape index (κ3) is 6.04. The van der Waals surface area contributed by atoms with Crippen molar-refractivity contribution in [3.8, 4) is 0 Å². The van der Waals surface area contributed by atoms with Gasteiger partial charge >= 0.3 is 0 Å². The van der Waals surface area contributed by atoms with Crippen LogP contribution < -0.4 is 10.6 Å². The number of furan rings is 1. The summed E-state index contributed by atoms with van der Waals surface area (Å²) in [5.41, 5.74) is 2.81. The van der Waals surface area contributed by atoms with Crippen molar-refractivity contribution in [1.29, 1.82) is 0 Å². The lowest BCUT2D eigenvalue weighted by Gasteiger charge is -2.25. The summed E-state index contributed by atoms with van der Waals surface area (Å²) < 4.78 is 6.33. The molecule has 2 N–H and O–H groups in total. The normalized spacial score (nSPS) is 16.9. The van der Waals surface area contributed by atoms with Crippen molar-refractivity contribution in [2.45, 2.75) is 41.8 Å². The number of hydrogen-bond acceptors (Lipinski definition) is 5. The van der Waals surface area contributed by atoms with E-state index in [1.165, 1.54) is 11.8 Å². The highest BCUT2D eigenvalue weighted by atomic mass is 35.5. The summed E-state index contributed by atoms with van der Waals surface area (Å²) in [4.78, 5) is 20.5. The lowest BCUT2D eigenvalue weighted by atomic mass is 10.0. The van der Waals surface area contributed by atoms with Gasteiger partial charge in [0.05, 0.1) is 11.7 Å². The van der Waals surface area contributed by atoms with E-state index in [9.17, 15) is 4.79 Å². The first-order valence-electron chi connectivity index (χ1n) is 12.4. The fourth-order valence-corrected chi connectivity index (χ4v) is 5.74. The minimum atomic E-state index is -0.257. The van der Waals surface area contributed by atoms with Gasteiger partial charge in [-0.3, -0.25) is 9.78 Å². The van der Waals surface area contributed by atoms with Gasteiger partial charge in [0, 0.05) is 34.8 Å². The number of thiocarbonyl (C=S) groups is 1. The van der Waals surface area contributed by atoms with Crippen molar-refractivity contribution >= 4 is 52.3 Å². The molecule has 0 bridgehead atoms. The number of carbonyl (C=O) groups excluding carboxylic acids is 1. The van der Waals surface area contributed by atoms with Crippen molar-refractivity contribution in [2.24, 2.45) is 0 Å². The summed E-state index contributed by atoms with van der Waals surface area (Å²) in [6, 6.07) is 24.8. The van der Waals surface area contributed by atoms with Crippen LogP contribution in [0.4, 0.5) is 5.69 Å². The molecular formula is C29H27ClN4O2S2. The van der Waals surface area contributed by atoms with Crippen LogP contribution in [0.2, 0.25) is 5.02 Å². The molecule has 1 aliphatic heterocycles. The molecule has 5 rings (SSSR count). The number of benzene rings is 2. The standard InChI is InChI=1S/C29H27ClN4O2S2/c1-2-19-7-3-4-8-22(19)32-25(35)16-18-34-28(27(33-29(34)37)23-9-5-6-17-31-23)24-14-15-26(36-24)38-21-12-10-20(30)11-13-21/h3-15,17,27-28H,2,16,18H2,1H3,(H,32,35)(H,33,37)/t27-,28+/m1/s1. The van der Waals surface area contributed by atoms with Gasteiger partial charge < -0.3 is 20.0 Å². The number of hydrogen-bond donors (Lipinski definition) is 2. The van der Waals surface area contributed by atoms with Crippen LogP contribution in [0.5, 0.6) is 0 Å². The fraction of sp³-hybridized carbons (Fsp3) is 0.207. The summed E-state index contributed by atoms with van der Waals surface area (Å²) in [6.07, 6.45) is 2.89. The zero-order valence-corrected chi connectivity index (χ0v) is 23.2. The number of halogens is 1. The molecule has 194 valence electrons. The molecule has 0 spiro atoms. The van der Waals surface area contributed by atoms with Gasteiger partial charge in [-0.1, -0.05) is 54.6 Å². The molecule has 1 saturated heterocycles. The van der Waals surface area contributed by atoms with Gasteiger partial charge in [0.15, 0.2) is 10.2 Å². The van der Waals surface area contributed by atoms with Gasteiger partial charge in [-0.05, 0) is 78.8 Å². The number of para-hydroxylation sites is 1. The highest BCUT2D eigenvalue weighted by Gasteiger charge is 2.41. The molecule has 4 aromatic rings. The van der Waals surface area contributed by atoms with Crippen molar-refractivity contribution in [1.82, 2.24) is 15.2 Å². The largest absolute Gasteiger partial charge is 0.452 e. The Kier molecular flexibility index (Phi) is 8.32. The minimum Gasteiger partial charge on any atom is -0.452 e. The van der Waals surface area contributed by atoms with E-state index in [4.69, 9.17) is 28.2 Å². The van der Waals surface area contributed by atoms with E-state index in [1.807, 2.05) is 83.8 Å². The van der Waals surface area contributed by atoms with Crippen molar-refractivity contribution in [3.05, 3.63) is 107 Å². The Morgan fingerprint density at radius 1 is 1.11 bits per heavy atom. The summed E-state index contributed by atoms with van der Waals surface area (Å²) in [5.74, 6) is 0.688. The quantitative estimate of drug-likeness (QED) is 0.212. The molecular weight excluding hydrogens is 536 g/mol.